The fourth-order valence-corrected chi connectivity index (χ4v) is 1.76. The number of benzene rings is 2. The largest absolute Gasteiger partial charge is 0.358 e. The van der Waals surface area contributed by atoms with Gasteiger partial charge in [-0.05, 0) is 11.1 Å². The fourth-order valence-electron chi connectivity index (χ4n) is 1.76. The quantitative estimate of drug-likeness (QED) is 0.852. The molecule has 0 unspecified atom stereocenters. The first kappa shape index (κ1) is 11.4. The van der Waals surface area contributed by atoms with Crippen LogP contribution in [0.15, 0.2) is 60.7 Å². The second-order valence-corrected chi connectivity index (χ2v) is 3.69. The van der Waals surface area contributed by atoms with Gasteiger partial charge in [0.25, 0.3) is 0 Å². The van der Waals surface area contributed by atoms with E-state index in [4.69, 9.17) is 0 Å². The zero-order valence-corrected chi connectivity index (χ0v) is 9.68. The number of hydrogen-bond donors (Lipinski definition) is 1. The van der Waals surface area contributed by atoms with Crippen LogP contribution in [0.4, 0.5) is 0 Å². The van der Waals surface area contributed by atoms with Gasteiger partial charge in [0, 0.05) is 7.05 Å². The van der Waals surface area contributed by atoms with Gasteiger partial charge in [-0.25, -0.2) is 0 Å². The zero-order chi connectivity index (χ0) is 12.1. The molecule has 1 amide bonds. The van der Waals surface area contributed by atoms with Crippen LogP contribution in [0.2, 0.25) is 0 Å². The van der Waals surface area contributed by atoms with Gasteiger partial charge in [-0.2, -0.15) is 0 Å². The Kier molecular flexibility index (Phi) is 3.55. The smallest absolute Gasteiger partial charge is 0.236 e. The summed E-state index contributed by atoms with van der Waals surface area (Å²) in [5.74, 6) is 0.635. The highest BCUT2D eigenvalue weighted by Gasteiger charge is 2.22. The molecule has 0 aliphatic rings. The molecule has 1 radical (unpaired) electrons. The Hall–Kier alpha value is -2.09. The third-order valence-electron chi connectivity index (χ3n) is 2.58. The molecule has 17 heavy (non-hydrogen) atoms. The van der Waals surface area contributed by atoms with Gasteiger partial charge in [0.05, 0.1) is 0 Å². The molecule has 0 aliphatic carbocycles. The van der Waals surface area contributed by atoms with Gasteiger partial charge >= 0.3 is 0 Å². The molecule has 0 aliphatic heterocycles. The van der Waals surface area contributed by atoms with Crippen molar-refractivity contribution < 1.29 is 4.79 Å². The summed E-state index contributed by atoms with van der Waals surface area (Å²) in [6.45, 7) is 0. The third kappa shape index (κ3) is 2.53. The summed E-state index contributed by atoms with van der Waals surface area (Å²) < 4.78 is 0. The van der Waals surface area contributed by atoms with Gasteiger partial charge in [0.15, 0.2) is 0 Å². The number of hydrogen-bond acceptors (Lipinski definition) is 1. The number of carbonyl (C=O) groups excluding carboxylic acids is 1. The van der Waals surface area contributed by atoms with Gasteiger partial charge in [-0.3, -0.25) is 4.79 Å². The van der Waals surface area contributed by atoms with Crippen molar-refractivity contribution in [3.05, 3.63) is 77.7 Å². The molecular formula is C15H14NO. The molecule has 2 heteroatoms. The van der Waals surface area contributed by atoms with Crippen LogP contribution in [0.5, 0.6) is 0 Å². The molecular weight excluding hydrogens is 210 g/mol. The van der Waals surface area contributed by atoms with Crippen molar-refractivity contribution in [1.82, 2.24) is 5.32 Å². The Morgan fingerprint density at radius 3 is 1.59 bits per heavy atom. The van der Waals surface area contributed by atoms with Crippen molar-refractivity contribution in [2.24, 2.45) is 0 Å². The first-order valence-electron chi connectivity index (χ1n) is 5.53. The predicted octanol–water partition coefficient (Wildman–Crippen LogP) is 2.40. The summed E-state index contributed by atoms with van der Waals surface area (Å²) in [6.07, 6.45) is 0. The highest BCUT2D eigenvalue weighted by Crippen LogP contribution is 2.23. The summed E-state index contributed by atoms with van der Waals surface area (Å²) in [6, 6.07) is 19.4. The van der Waals surface area contributed by atoms with Crippen LogP contribution >= 0.6 is 0 Å². The van der Waals surface area contributed by atoms with Crippen LogP contribution in [-0.4, -0.2) is 13.0 Å². The maximum atomic E-state index is 12.0. The van der Waals surface area contributed by atoms with Crippen LogP contribution in [0, 0.1) is 5.92 Å². The van der Waals surface area contributed by atoms with Crippen LogP contribution in [0.1, 0.15) is 11.1 Å². The summed E-state index contributed by atoms with van der Waals surface area (Å²) in [7, 11) is 1.65. The molecule has 0 saturated carbocycles. The van der Waals surface area contributed by atoms with Gasteiger partial charge in [0.2, 0.25) is 5.91 Å². The molecule has 1 N–H and O–H groups in total. The molecule has 2 aromatic rings. The first-order chi connectivity index (χ1) is 8.33. The van der Waals surface area contributed by atoms with E-state index in [1.165, 1.54) is 0 Å². The number of likely N-dealkylation sites (N-methyl/N-ethyl adjacent to an activating group) is 1. The number of nitrogens with one attached hydrogen (secondary N) is 1. The van der Waals surface area contributed by atoms with E-state index in [1.807, 2.05) is 60.7 Å². The van der Waals surface area contributed by atoms with E-state index in [-0.39, 0.29) is 5.91 Å². The van der Waals surface area contributed by atoms with Crippen molar-refractivity contribution in [3.8, 4) is 0 Å². The normalized spacial score (nSPS) is 10.2. The lowest BCUT2D eigenvalue weighted by Gasteiger charge is -2.15. The van der Waals surface area contributed by atoms with E-state index in [0.29, 0.717) is 5.92 Å². The highest BCUT2D eigenvalue weighted by molar-refractivity contribution is 5.98. The van der Waals surface area contributed by atoms with Gasteiger partial charge in [0.1, 0.15) is 5.92 Å². The molecule has 2 nitrogen and oxygen atoms in total. The maximum absolute atomic E-state index is 12.0. The molecule has 2 rings (SSSR count). The second-order valence-electron chi connectivity index (χ2n) is 3.69. The van der Waals surface area contributed by atoms with E-state index in [1.54, 1.807) is 7.05 Å². The number of rotatable bonds is 3. The Bertz CT molecular complexity index is 439. The summed E-state index contributed by atoms with van der Waals surface area (Å²) >= 11 is 0. The second kappa shape index (κ2) is 5.30. The van der Waals surface area contributed by atoms with Crippen molar-refractivity contribution in [2.75, 3.05) is 7.05 Å². The summed E-state index contributed by atoms with van der Waals surface area (Å²) in [4.78, 5) is 12.0. The predicted molar refractivity (Wildman–Crippen MR) is 68.4 cm³/mol. The summed E-state index contributed by atoms with van der Waals surface area (Å²) in [5.41, 5.74) is 1.86. The monoisotopic (exact) mass is 224 g/mol. The van der Waals surface area contributed by atoms with E-state index in [0.717, 1.165) is 11.1 Å². The molecule has 0 fully saturated rings. The molecule has 0 atom stereocenters. The molecule has 0 saturated heterocycles. The van der Waals surface area contributed by atoms with Gasteiger partial charge in [-0.15, -0.1) is 0 Å². The third-order valence-corrected chi connectivity index (χ3v) is 2.58. The minimum atomic E-state index is -0.0672. The SMILES string of the molecule is CNC(=O)[C](c1ccccc1)c1ccccc1. The van der Waals surface area contributed by atoms with Crippen molar-refractivity contribution in [3.63, 3.8) is 0 Å². The van der Waals surface area contributed by atoms with Crippen LogP contribution < -0.4 is 5.32 Å². The average molecular weight is 224 g/mol. The topological polar surface area (TPSA) is 29.1 Å². The van der Waals surface area contributed by atoms with Gasteiger partial charge < -0.3 is 5.32 Å². The maximum Gasteiger partial charge on any atom is 0.236 e. The standard InChI is InChI=1S/C15H14NO/c1-16-15(17)14(12-8-4-2-5-9-12)13-10-6-3-7-11-13/h2-11H,1H3,(H,16,17). The van der Waals surface area contributed by atoms with Gasteiger partial charge in [-0.1, -0.05) is 60.7 Å². The van der Waals surface area contributed by atoms with Crippen molar-refractivity contribution >= 4 is 5.91 Å². The Morgan fingerprint density at radius 1 is 0.824 bits per heavy atom. The highest BCUT2D eigenvalue weighted by atomic mass is 16.1. The number of amides is 1. The molecule has 0 heterocycles. The molecule has 2 aromatic carbocycles. The van der Waals surface area contributed by atoms with E-state index < -0.39 is 0 Å². The van der Waals surface area contributed by atoms with E-state index >= 15 is 0 Å². The lowest BCUT2D eigenvalue weighted by Crippen LogP contribution is -2.27. The molecule has 85 valence electrons. The van der Waals surface area contributed by atoms with Crippen LogP contribution in [0.25, 0.3) is 0 Å². The first-order valence-corrected chi connectivity index (χ1v) is 5.53. The minimum Gasteiger partial charge on any atom is -0.358 e. The lowest BCUT2D eigenvalue weighted by atomic mass is 9.90. The van der Waals surface area contributed by atoms with Crippen LogP contribution in [-0.2, 0) is 4.79 Å². The van der Waals surface area contributed by atoms with Crippen LogP contribution in [0.3, 0.4) is 0 Å². The minimum absolute atomic E-state index is 0.0672. The zero-order valence-electron chi connectivity index (χ0n) is 9.68. The Balaban J connectivity index is 2.43. The van der Waals surface area contributed by atoms with E-state index in [2.05, 4.69) is 5.32 Å². The molecule has 0 aromatic heterocycles. The number of carbonyl (C=O) groups is 1. The van der Waals surface area contributed by atoms with E-state index in [9.17, 15) is 4.79 Å². The Labute approximate surface area is 101 Å². The Morgan fingerprint density at radius 2 is 1.24 bits per heavy atom. The summed E-state index contributed by atoms with van der Waals surface area (Å²) in [5, 5.41) is 2.69. The molecule has 0 bridgehead atoms. The van der Waals surface area contributed by atoms with Crippen molar-refractivity contribution in [2.45, 2.75) is 0 Å². The average Bonchev–Trinajstić information content (AvgIpc) is 2.41. The lowest BCUT2D eigenvalue weighted by molar-refractivity contribution is -0.118. The molecule has 0 spiro atoms. The van der Waals surface area contributed by atoms with Crippen molar-refractivity contribution in [1.29, 1.82) is 0 Å². The fraction of sp³-hybridized carbons (Fsp3) is 0.0667.